The number of fused-ring (bicyclic) bond motifs is 1. The number of anilines is 1. The van der Waals surface area contributed by atoms with Gasteiger partial charge in [0.15, 0.2) is 0 Å². The number of carboxylic acids is 2. The molecule has 1 amide bonds. The Morgan fingerprint density at radius 3 is 2.24 bits per heavy atom. The van der Waals surface area contributed by atoms with Crippen LogP contribution in [0.5, 0.6) is 0 Å². The summed E-state index contributed by atoms with van der Waals surface area (Å²) < 4.78 is 69.4. The minimum Gasteiger partial charge on any atom is -0.475 e. The van der Waals surface area contributed by atoms with E-state index in [2.05, 4.69) is 32.0 Å². The van der Waals surface area contributed by atoms with E-state index in [0.29, 0.717) is 6.04 Å². The molecule has 2 fully saturated rings. The van der Waals surface area contributed by atoms with Gasteiger partial charge in [-0.1, -0.05) is 0 Å². The molecule has 0 radical (unpaired) electrons. The van der Waals surface area contributed by atoms with Gasteiger partial charge in [0.2, 0.25) is 5.91 Å². The normalized spacial score (nSPS) is 21.2. The number of carboxylic acid groups (broad SMARTS) is 2. The van der Waals surface area contributed by atoms with E-state index < -0.39 is 24.3 Å². The Hall–Kier alpha value is -3.24. The molecule has 0 aliphatic carbocycles. The van der Waals surface area contributed by atoms with Crippen molar-refractivity contribution in [2.75, 3.05) is 18.5 Å². The molecule has 3 atom stereocenters. The third-order valence-corrected chi connectivity index (χ3v) is 6.10. The highest BCUT2D eigenvalue weighted by Gasteiger charge is 2.42. The second kappa shape index (κ2) is 13.5. The van der Waals surface area contributed by atoms with Gasteiger partial charge in [0, 0.05) is 31.9 Å². The number of nitrogens with zero attached hydrogens (tertiary/aromatic N) is 2. The number of ether oxygens (including phenoxy) is 1. The molecule has 0 bridgehead atoms. The first-order valence-corrected chi connectivity index (χ1v) is 11.8. The van der Waals surface area contributed by atoms with Crippen molar-refractivity contribution >= 4 is 34.9 Å². The fraction of sp³-hybridized carbons (Fsp3) is 0.455. The average molecular weight is 571 g/mol. The third kappa shape index (κ3) is 9.90. The molecule has 2 saturated heterocycles. The summed E-state index contributed by atoms with van der Waals surface area (Å²) in [4.78, 5) is 37.0. The van der Waals surface area contributed by atoms with Gasteiger partial charge in [-0.2, -0.15) is 37.7 Å². The number of likely N-dealkylation sites (tertiary alicyclic amines) is 1. The second-order valence-electron chi connectivity index (χ2n) is 8.10. The van der Waals surface area contributed by atoms with E-state index in [0.717, 1.165) is 38.2 Å². The number of nitrogens with one attached hydrogen (secondary N) is 1. The minimum absolute atomic E-state index is 0.0526. The van der Waals surface area contributed by atoms with Crippen molar-refractivity contribution in [3.63, 3.8) is 0 Å². The average Bonchev–Trinajstić information content (AvgIpc) is 3.51. The summed E-state index contributed by atoms with van der Waals surface area (Å²) in [6.45, 7) is 2.48. The van der Waals surface area contributed by atoms with Crippen LogP contribution in [0.1, 0.15) is 18.4 Å². The van der Waals surface area contributed by atoms with E-state index in [4.69, 9.17) is 24.5 Å². The van der Waals surface area contributed by atoms with Crippen molar-refractivity contribution in [2.24, 2.45) is 5.92 Å². The molecule has 4 heterocycles. The minimum atomic E-state index is -5.08. The van der Waals surface area contributed by atoms with Crippen LogP contribution in [0, 0.1) is 5.92 Å². The van der Waals surface area contributed by atoms with Crippen molar-refractivity contribution < 1.29 is 55.7 Å². The van der Waals surface area contributed by atoms with Crippen LogP contribution in [-0.4, -0.2) is 75.6 Å². The lowest BCUT2D eigenvalue weighted by Gasteiger charge is -2.40. The summed E-state index contributed by atoms with van der Waals surface area (Å²) in [5.74, 6) is -5.50. The molecule has 0 aromatic carbocycles. The lowest BCUT2D eigenvalue weighted by Crippen LogP contribution is -2.51. The molecule has 2 aromatic rings. The molecule has 2 aromatic heterocycles. The van der Waals surface area contributed by atoms with Gasteiger partial charge in [0.25, 0.3) is 0 Å². The first-order chi connectivity index (χ1) is 17.7. The zero-order chi connectivity index (χ0) is 28.5. The van der Waals surface area contributed by atoms with Gasteiger partial charge in [-0.05, 0) is 47.4 Å². The highest BCUT2D eigenvalue weighted by molar-refractivity contribution is 7.07. The Bertz CT molecular complexity index is 1030. The maximum absolute atomic E-state index is 12.7. The number of rotatable bonds is 4. The van der Waals surface area contributed by atoms with Gasteiger partial charge < -0.3 is 20.3 Å². The molecule has 210 valence electrons. The smallest absolute Gasteiger partial charge is 0.475 e. The molecule has 0 saturated carbocycles. The van der Waals surface area contributed by atoms with Crippen LogP contribution in [0.4, 0.5) is 32.0 Å². The third-order valence-electron chi connectivity index (χ3n) is 5.37. The zero-order valence-corrected chi connectivity index (χ0v) is 20.2. The molecule has 2 aliphatic rings. The number of aliphatic carboxylic acids is 2. The van der Waals surface area contributed by atoms with Crippen molar-refractivity contribution in [3.05, 3.63) is 46.9 Å². The Labute approximate surface area is 216 Å². The first-order valence-electron chi connectivity index (χ1n) is 10.9. The molecule has 0 spiro atoms. The largest absolute Gasteiger partial charge is 0.490 e. The predicted octanol–water partition coefficient (Wildman–Crippen LogP) is 4.03. The predicted molar refractivity (Wildman–Crippen MR) is 121 cm³/mol. The molecule has 4 rings (SSSR count). The monoisotopic (exact) mass is 571 g/mol. The molecule has 16 heteroatoms. The van der Waals surface area contributed by atoms with E-state index in [1.807, 2.05) is 12.1 Å². The molecule has 0 unspecified atom stereocenters. The number of thiophene rings is 1. The van der Waals surface area contributed by atoms with Crippen LogP contribution in [0.3, 0.4) is 0 Å². The number of amides is 1. The van der Waals surface area contributed by atoms with E-state index in [9.17, 15) is 31.1 Å². The number of alkyl halides is 6. The fourth-order valence-corrected chi connectivity index (χ4v) is 4.38. The summed E-state index contributed by atoms with van der Waals surface area (Å²) in [6, 6.07) is 6.29. The number of pyridine rings is 1. The Morgan fingerprint density at radius 1 is 1.11 bits per heavy atom. The van der Waals surface area contributed by atoms with Gasteiger partial charge >= 0.3 is 24.3 Å². The standard InChI is InChI=1S/C18H21N3O2S.2C2HF3O2/c22-18(20-15-2-1-5-19-9-15)14-8-17-16(3-6-23-17)21(11-14)10-13-4-7-24-12-13;2*3-2(4,5)1(6)7/h1-2,4-5,7,9,12,14,16-17H,3,6,8,10-11H2,(H,20,22);2*(H,6,7)/t14-,16-,17-;;/m1../s1. The van der Waals surface area contributed by atoms with Crippen LogP contribution >= 0.6 is 11.3 Å². The van der Waals surface area contributed by atoms with Crippen LogP contribution in [0.2, 0.25) is 0 Å². The number of carbonyl (C=O) groups is 3. The van der Waals surface area contributed by atoms with Crippen LogP contribution < -0.4 is 5.32 Å². The number of hydrogen-bond acceptors (Lipinski definition) is 7. The molecule has 3 N–H and O–H groups in total. The molecular weight excluding hydrogens is 548 g/mol. The van der Waals surface area contributed by atoms with Crippen LogP contribution in [-0.2, 0) is 25.7 Å². The molecule has 2 aliphatic heterocycles. The van der Waals surface area contributed by atoms with E-state index in [1.54, 1.807) is 23.7 Å². The zero-order valence-electron chi connectivity index (χ0n) is 19.4. The maximum atomic E-state index is 12.7. The lowest BCUT2D eigenvalue weighted by atomic mass is 9.89. The fourth-order valence-electron chi connectivity index (χ4n) is 3.72. The molecule has 9 nitrogen and oxygen atoms in total. The Kier molecular flexibility index (Phi) is 11.0. The number of hydrogen-bond donors (Lipinski definition) is 3. The summed E-state index contributed by atoms with van der Waals surface area (Å²) in [6.07, 6.45) is -4.75. The number of aromatic nitrogens is 1. The van der Waals surface area contributed by atoms with Crippen molar-refractivity contribution in [3.8, 4) is 0 Å². The summed E-state index contributed by atoms with van der Waals surface area (Å²) in [7, 11) is 0. The lowest BCUT2D eigenvalue weighted by molar-refractivity contribution is -0.193. The van der Waals surface area contributed by atoms with E-state index in [-0.39, 0.29) is 17.9 Å². The van der Waals surface area contributed by atoms with Gasteiger partial charge in [-0.25, -0.2) is 9.59 Å². The second-order valence-corrected chi connectivity index (χ2v) is 8.88. The van der Waals surface area contributed by atoms with Gasteiger partial charge in [-0.15, -0.1) is 0 Å². The maximum Gasteiger partial charge on any atom is 0.490 e. The first kappa shape index (κ1) is 31.0. The topological polar surface area (TPSA) is 129 Å². The summed E-state index contributed by atoms with van der Waals surface area (Å²) >= 11 is 1.72. The number of piperidine rings is 1. The quantitative estimate of drug-likeness (QED) is 0.470. The number of carbonyl (C=O) groups excluding carboxylic acids is 1. The summed E-state index contributed by atoms with van der Waals surface area (Å²) in [5.41, 5.74) is 2.07. The van der Waals surface area contributed by atoms with Gasteiger partial charge in [0.1, 0.15) is 0 Å². The van der Waals surface area contributed by atoms with Crippen molar-refractivity contribution in [2.45, 2.75) is 43.9 Å². The van der Waals surface area contributed by atoms with Crippen molar-refractivity contribution in [1.29, 1.82) is 0 Å². The molecular formula is C22H23F6N3O6S. The Morgan fingerprint density at radius 2 is 1.74 bits per heavy atom. The Balaban J connectivity index is 0.000000301. The van der Waals surface area contributed by atoms with Crippen LogP contribution in [0.25, 0.3) is 0 Å². The van der Waals surface area contributed by atoms with Crippen molar-refractivity contribution in [1.82, 2.24) is 9.88 Å². The highest BCUT2D eigenvalue weighted by Crippen LogP contribution is 2.33. The SMILES string of the molecule is O=C(Nc1cccnc1)[C@@H]1C[C@H]2OCC[C@H]2N(Cc2ccsc2)C1.O=C(O)C(F)(F)F.O=C(O)C(F)(F)F. The van der Waals surface area contributed by atoms with E-state index in [1.165, 1.54) is 5.56 Å². The summed E-state index contributed by atoms with van der Waals surface area (Å²) in [5, 5.41) is 21.5. The highest BCUT2D eigenvalue weighted by atomic mass is 32.1. The van der Waals surface area contributed by atoms with Crippen LogP contribution in [0.15, 0.2) is 41.4 Å². The number of halogens is 6. The molecule has 38 heavy (non-hydrogen) atoms. The van der Waals surface area contributed by atoms with Gasteiger partial charge in [0.05, 0.1) is 23.9 Å². The van der Waals surface area contributed by atoms with E-state index >= 15 is 0 Å². The van der Waals surface area contributed by atoms with Gasteiger partial charge in [-0.3, -0.25) is 14.7 Å².